The zero-order valence-corrected chi connectivity index (χ0v) is 49.3. The van der Waals surface area contributed by atoms with Crippen LogP contribution in [0.3, 0.4) is 0 Å². The lowest BCUT2D eigenvalue weighted by molar-refractivity contribution is -0.870. The summed E-state index contributed by atoms with van der Waals surface area (Å²) in [5, 5.41) is 13.9. The van der Waals surface area contributed by atoms with Gasteiger partial charge in [0.1, 0.15) is 13.2 Å². The highest BCUT2D eigenvalue weighted by Gasteiger charge is 2.27. The minimum Gasteiger partial charge on any atom is -0.387 e. The van der Waals surface area contributed by atoms with Gasteiger partial charge in [-0.2, -0.15) is 0 Å². The van der Waals surface area contributed by atoms with Crippen molar-refractivity contribution < 1.29 is 32.9 Å². The summed E-state index contributed by atoms with van der Waals surface area (Å²) in [5.41, 5.74) is 0. The fourth-order valence-corrected chi connectivity index (χ4v) is 9.89. The third kappa shape index (κ3) is 56.2. The van der Waals surface area contributed by atoms with Crippen LogP contribution in [0.2, 0.25) is 0 Å². The van der Waals surface area contributed by atoms with Gasteiger partial charge in [-0.05, 0) is 64.2 Å². The number of nitrogens with zero attached hydrogens (tertiary/aromatic N) is 1. The molecular formula is C63H122N2O6P+. The molecular weight excluding hydrogens is 912 g/mol. The minimum absolute atomic E-state index is 0.0571. The summed E-state index contributed by atoms with van der Waals surface area (Å²) in [7, 11) is 1.56. The third-order valence-corrected chi connectivity index (χ3v) is 15.0. The number of allylic oxidation sites excluding steroid dienone is 7. The summed E-state index contributed by atoms with van der Waals surface area (Å²) in [6.07, 6.45) is 72.5. The molecule has 0 aromatic carbocycles. The number of carbonyl (C=O) groups excluding carboxylic acids is 1. The molecule has 0 saturated heterocycles. The van der Waals surface area contributed by atoms with E-state index in [0.717, 1.165) is 44.9 Å². The summed E-state index contributed by atoms with van der Waals surface area (Å²) in [5.74, 6) is -0.183. The van der Waals surface area contributed by atoms with Crippen LogP contribution < -0.4 is 5.32 Å². The minimum atomic E-state index is -4.35. The number of amides is 1. The largest absolute Gasteiger partial charge is 0.472 e. The smallest absolute Gasteiger partial charge is 0.387 e. The molecule has 3 atom stereocenters. The molecule has 3 unspecified atom stereocenters. The van der Waals surface area contributed by atoms with E-state index in [1.165, 1.54) is 231 Å². The van der Waals surface area contributed by atoms with E-state index >= 15 is 0 Å². The molecule has 72 heavy (non-hydrogen) atoms. The molecule has 0 aromatic heterocycles. The predicted molar refractivity (Wildman–Crippen MR) is 314 cm³/mol. The molecule has 8 nitrogen and oxygen atoms in total. The molecule has 0 bridgehead atoms. The number of nitrogens with one attached hydrogen (secondary N) is 1. The lowest BCUT2D eigenvalue weighted by Gasteiger charge is -2.25. The van der Waals surface area contributed by atoms with E-state index in [2.05, 4.69) is 55.6 Å². The zero-order valence-electron chi connectivity index (χ0n) is 48.4. The Labute approximate surface area is 448 Å². The number of carbonyl (C=O) groups is 1. The maximum absolute atomic E-state index is 13.0. The summed E-state index contributed by atoms with van der Waals surface area (Å²) in [6, 6.07) is -0.861. The normalized spacial score (nSPS) is 14.2. The van der Waals surface area contributed by atoms with Gasteiger partial charge in [0.15, 0.2) is 0 Å². The van der Waals surface area contributed by atoms with Gasteiger partial charge in [-0.1, -0.05) is 274 Å². The van der Waals surface area contributed by atoms with Crippen LogP contribution in [0.4, 0.5) is 0 Å². The SMILES string of the molecule is CCCCCCC/C=C\C/C=C\CCCCCCCCCCCCCCCCCCCCCCCCCCCC(=O)NC(COP(=O)(O)OCC[N+](C)(C)C)C(O)/C=C/CC/C=C/CCCCCCCCC. The Kier molecular flexibility index (Phi) is 53.1. The van der Waals surface area contributed by atoms with Crippen LogP contribution in [0.1, 0.15) is 296 Å². The number of hydrogen-bond acceptors (Lipinski definition) is 5. The second-order valence-corrected chi connectivity index (χ2v) is 23.9. The van der Waals surface area contributed by atoms with Gasteiger partial charge in [-0.3, -0.25) is 13.8 Å². The number of hydrogen-bond donors (Lipinski definition) is 3. The van der Waals surface area contributed by atoms with E-state index < -0.39 is 20.0 Å². The molecule has 0 aliphatic rings. The first-order valence-corrected chi connectivity index (χ1v) is 32.5. The van der Waals surface area contributed by atoms with E-state index in [1.807, 2.05) is 27.2 Å². The van der Waals surface area contributed by atoms with Crippen LogP contribution in [0, 0.1) is 0 Å². The first-order valence-electron chi connectivity index (χ1n) is 31.0. The molecule has 0 spiro atoms. The maximum Gasteiger partial charge on any atom is 0.472 e. The molecule has 9 heteroatoms. The van der Waals surface area contributed by atoms with E-state index in [0.29, 0.717) is 17.4 Å². The van der Waals surface area contributed by atoms with Crippen molar-refractivity contribution in [2.45, 2.75) is 309 Å². The van der Waals surface area contributed by atoms with Crippen molar-refractivity contribution in [2.75, 3.05) is 40.9 Å². The van der Waals surface area contributed by atoms with Crippen molar-refractivity contribution in [2.24, 2.45) is 0 Å². The molecule has 0 saturated carbocycles. The topological polar surface area (TPSA) is 105 Å². The fourth-order valence-electron chi connectivity index (χ4n) is 9.15. The highest BCUT2D eigenvalue weighted by molar-refractivity contribution is 7.47. The average Bonchev–Trinajstić information content (AvgIpc) is 3.34. The van der Waals surface area contributed by atoms with Crippen molar-refractivity contribution in [3.8, 4) is 0 Å². The number of phosphoric acid groups is 1. The second kappa shape index (κ2) is 54.3. The van der Waals surface area contributed by atoms with Crippen molar-refractivity contribution >= 4 is 13.7 Å². The number of aliphatic hydroxyl groups is 1. The number of aliphatic hydroxyl groups excluding tert-OH is 1. The first-order chi connectivity index (χ1) is 35.0. The Morgan fingerprint density at radius 3 is 1.19 bits per heavy atom. The molecule has 0 aromatic rings. The van der Waals surface area contributed by atoms with Crippen molar-refractivity contribution in [3.63, 3.8) is 0 Å². The average molecular weight is 1030 g/mol. The molecule has 1 amide bonds. The highest BCUT2D eigenvalue weighted by Crippen LogP contribution is 2.43. The second-order valence-electron chi connectivity index (χ2n) is 22.4. The lowest BCUT2D eigenvalue weighted by atomic mass is 10.0. The van der Waals surface area contributed by atoms with E-state index in [-0.39, 0.29) is 19.1 Å². The van der Waals surface area contributed by atoms with E-state index in [9.17, 15) is 19.4 Å². The Bertz CT molecular complexity index is 1310. The van der Waals surface area contributed by atoms with Gasteiger partial charge >= 0.3 is 7.82 Å². The number of rotatable bonds is 57. The van der Waals surface area contributed by atoms with Crippen LogP contribution >= 0.6 is 7.82 Å². The van der Waals surface area contributed by atoms with Crippen LogP contribution in [-0.4, -0.2) is 73.4 Å². The number of likely N-dealkylation sites (N-methyl/N-ethyl adjacent to an activating group) is 1. The van der Waals surface area contributed by atoms with Crippen LogP contribution in [-0.2, 0) is 18.4 Å². The summed E-state index contributed by atoms with van der Waals surface area (Å²) < 4.78 is 23.7. The summed E-state index contributed by atoms with van der Waals surface area (Å²) in [6.45, 7) is 4.79. The van der Waals surface area contributed by atoms with E-state index in [4.69, 9.17) is 9.05 Å². The number of quaternary nitrogens is 1. The Morgan fingerprint density at radius 1 is 0.472 bits per heavy atom. The molecule has 0 heterocycles. The van der Waals surface area contributed by atoms with Gasteiger partial charge < -0.3 is 19.8 Å². The monoisotopic (exact) mass is 1030 g/mol. The quantitative estimate of drug-likeness (QED) is 0.0243. The molecule has 0 radical (unpaired) electrons. The Hall–Kier alpha value is -1.54. The fraction of sp³-hybridized carbons (Fsp3) is 0.857. The third-order valence-electron chi connectivity index (χ3n) is 14.0. The van der Waals surface area contributed by atoms with E-state index in [1.54, 1.807) is 6.08 Å². The standard InChI is InChI=1S/C63H121N2O6P/c1-6-8-10-12-14-16-18-20-21-22-23-24-25-26-27-28-29-30-31-32-33-34-35-36-37-38-39-40-41-42-43-45-47-49-51-53-55-57-63(67)64-61(60-71-72(68,69)70-59-58-65(3,4)5)62(66)56-54-52-50-48-46-44-19-17-15-13-11-9-7-2/h18,20,22-23,46,48,54,56,61-62,66H,6-17,19,21,24-45,47,49-53,55,57-60H2,1-5H3,(H-,64,67,68,69)/p+1/b20-18-,23-22-,48-46+,56-54+. The molecule has 3 N–H and O–H groups in total. The van der Waals surface area contributed by atoms with Gasteiger partial charge in [0.05, 0.1) is 39.9 Å². The lowest BCUT2D eigenvalue weighted by Crippen LogP contribution is -2.45. The van der Waals surface area contributed by atoms with Crippen molar-refractivity contribution in [1.82, 2.24) is 5.32 Å². The first kappa shape index (κ1) is 70.5. The van der Waals surface area contributed by atoms with Gasteiger partial charge in [0.25, 0.3) is 0 Å². The molecule has 0 aliphatic carbocycles. The molecule has 424 valence electrons. The molecule has 0 rings (SSSR count). The molecule has 0 aliphatic heterocycles. The summed E-state index contributed by atoms with van der Waals surface area (Å²) in [4.78, 5) is 23.3. The van der Waals surface area contributed by atoms with Crippen LogP contribution in [0.25, 0.3) is 0 Å². The Morgan fingerprint density at radius 2 is 0.806 bits per heavy atom. The highest BCUT2D eigenvalue weighted by atomic mass is 31.2. The van der Waals surface area contributed by atoms with Gasteiger partial charge in [0, 0.05) is 6.42 Å². The van der Waals surface area contributed by atoms with Gasteiger partial charge in [-0.15, -0.1) is 0 Å². The summed E-state index contributed by atoms with van der Waals surface area (Å²) >= 11 is 0. The number of unbranched alkanes of at least 4 members (excludes halogenated alkanes) is 38. The predicted octanol–water partition coefficient (Wildman–Crippen LogP) is 19.1. The van der Waals surface area contributed by atoms with Gasteiger partial charge in [-0.25, -0.2) is 4.57 Å². The van der Waals surface area contributed by atoms with Gasteiger partial charge in [0.2, 0.25) is 5.91 Å². The van der Waals surface area contributed by atoms with Crippen LogP contribution in [0.15, 0.2) is 48.6 Å². The van der Waals surface area contributed by atoms with Crippen molar-refractivity contribution in [3.05, 3.63) is 48.6 Å². The zero-order chi connectivity index (χ0) is 52.7. The molecule has 0 fully saturated rings. The van der Waals surface area contributed by atoms with Crippen LogP contribution in [0.5, 0.6) is 0 Å². The number of phosphoric ester groups is 1. The van der Waals surface area contributed by atoms with Crippen molar-refractivity contribution in [1.29, 1.82) is 0 Å². The maximum atomic E-state index is 13.0. The Balaban J connectivity index is 3.92.